The number of rotatable bonds is 5. The van der Waals surface area contributed by atoms with Gasteiger partial charge in [-0.25, -0.2) is 0 Å². The second-order valence-electron chi connectivity index (χ2n) is 8.77. The summed E-state index contributed by atoms with van der Waals surface area (Å²) in [7, 11) is 0. The van der Waals surface area contributed by atoms with Gasteiger partial charge >= 0.3 is 12.4 Å². The Kier molecular flexibility index (Phi) is 7.49. The van der Waals surface area contributed by atoms with Gasteiger partial charge in [0.2, 0.25) is 5.91 Å². The van der Waals surface area contributed by atoms with Crippen LogP contribution in [0.25, 0.3) is 0 Å². The number of amides is 2. The first-order valence-corrected chi connectivity index (χ1v) is 10.8. The third-order valence-corrected chi connectivity index (χ3v) is 6.08. The number of carbonyl (C=O) groups is 2. The molecular weight excluding hydrogens is 476 g/mol. The summed E-state index contributed by atoms with van der Waals surface area (Å²) in [6, 6.07) is 5.95. The summed E-state index contributed by atoms with van der Waals surface area (Å²) in [6.45, 7) is 4.15. The molecular formula is C24H25F6N3O2. The van der Waals surface area contributed by atoms with Crippen LogP contribution in [0.2, 0.25) is 0 Å². The predicted octanol–water partition coefficient (Wildman–Crippen LogP) is 4.20. The minimum absolute atomic E-state index is 0.00581. The summed E-state index contributed by atoms with van der Waals surface area (Å²) in [6.07, 6.45) is -9.82. The van der Waals surface area contributed by atoms with Crippen LogP contribution in [0.1, 0.15) is 38.2 Å². The number of alkyl halides is 6. The molecule has 0 saturated carbocycles. The zero-order valence-corrected chi connectivity index (χ0v) is 19.1. The van der Waals surface area contributed by atoms with E-state index in [2.05, 4.69) is 0 Å². The number of primary amides is 1. The highest BCUT2D eigenvalue weighted by molar-refractivity contribution is 5.95. The summed E-state index contributed by atoms with van der Waals surface area (Å²) in [4.78, 5) is 27.7. The van der Waals surface area contributed by atoms with Crippen LogP contribution in [0.5, 0.6) is 0 Å². The van der Waals surface area contributed by atoms with Gasteiger partial charge in [0.05, 0.1) is 17.7 Å². The van der Waals surface area contributed by atoms with Crippen molar-refractivity contribution in [3.05, 3.63) is 69.8 Å². The van der Waals surface area contributed by atoms with Crippen molar-refractivity contribution in [2.75, 3.05) is 26.2 Å². The van der Waals surface area contributed by atoms with E-state index in [1.165, 1.54) is 4.90 Å². The largest absolute Gasteiger partial charge is 0.416 e. The van der Waals surface area contributed by atoms with E-state index in [9.17, 15) is 35.9 Å². The zero-order chi connectivity index (χ0) is 26.1. The van der Waals surface area contributed by atoms with E-state index < -0.39 is 46.9 Å². The molecule has 2 N–H and O–H groups in total. The highest BCUT2D eigenvalue weighted by Crippen LogP contribution is 2.37. The molecule has 1 heterocycles. The summed E-state index contributed by atoms with van der Waals surface area (Å²) in [5, 5.41) is 0. The Morgan fingerprint density at radius 3 is 2.03 bits per heavy atom. The van der Waals surface area contributed by atoms with Crippen LogP contribution in [0, 0.1) is 13.8 Å². The van der Waals surface area contributed by atoms with Crippen molar-refractivity contribution in [1.82, 2.24) is 9.80 Å². The number of halogens is 6. The first-order valence-electron chi connectivity index (χ1n) is 10.8. The third kappa shape index (κ3) is 6.53. The highest BCUT2D eigenvalue weighted by atomic mass is 19.4. The molecule has 1 aliphatic heterocycles. The van der Waals surface area contributed by atoms with Crippen molar-refractivity contribution >= 4 is 11.8 Å². The Labute approximate surface area is 198 Å². The van der Waals surface area contributed by atoms with Crippen LogP contribution in [0.3, 0.4) is 0 Å². The molecule has 0 aliphatic carbocycles. The molecule has 2 aromatic rings. The maximum Gasteiger partial charge on any atom is 0.416 e. The molecule has 0 aromatic heterocycles. The Balaban J connectivity index is 1.98. The molecule has 1 atom stereocenters. The van der Waals surface area contributed by atoms with E-state index in [0.29, 0.717) is 18.6 Å². The fourth-order valence-corrected chi connectivity index (χ4v) is 4.17. The average Bonchev–Trinajstić information content (AvgIpc) is 2.74. The van der Waals surface area contributed by atoms with Gasteiger partial charge in [-0.1, -0.05) is 18.2 Å². The van der Waals surface area contributed by atoms with Gasteiger partial charge in [-0.05, 0) is 55.2 Å². The summed E-state index contributed by atoms with van der Waals surface area (Å²) in [5.74, 6) is -1.52. The first kappa shape index (κ1) is 26.5. The topological polar surface area (TPSA) is 66.6 Å². The lowest BCUT2D eigenvalue weighted by molar-refractivity contribution is -0.143. The molecule has 190 valence electrons. The number of hydrogen-bond donors (Lipinski definition) is 1. The molecule has 1 unspecified atom stereocenters. The van der Waals surface area contributed by atoms with Crippen LogP contribution in [0.4, 0.5) is 26.3 Å². The van der Waals surface area contributed by atoms with Crippen LogP contribution in [-0.4, -0.2) is 53.8 Å². The average molecular weight is 501 g/mol. The van der Waals surface area contributed by atoms with E-state index in [1.54, 1.807) is 4.90 Å². The lowest BCUT2D eigenvalue weighted by atomic mass is 9.97. The van der Waals surface area contributed by atoms with E-state index in [1.807, 2.05) is 32.0 Å². The van der Waals surface area contributed by atoms with Crippen molar-refractivity contribution < 1.29 is 35.9 Å². The van der Waals surface area contributed by atoms with Gasteiger partial charge in [0.1, 0.15) is 0 Å². The van der Waals surface area contributed by atoms with Crippen LogP contribution < -0.4 is 5.73 Å². The third-order valence-electron chi connectivity index (χ3n) is 6.08. The molecule has 5 nitrogen and oxygen atoms in total. The summed E-state index contributed by atoms with van der Waals surface area (Å²) >= 11 is 0. The number of piperazine rings is 1. The van der Waals surface area contributed by atoms with Gasteiger partial charge < -0.3 is 10.6 Å². The number of carbonyl (C=O) groups excluding carboxylic acids is 2. The van der Waals surface area contributed by atoms with Gasteiger partial charge in [-0.15, -0.1) is 0 Å². The van der Waals surface area contributed by atoms with Crippen molar-refractivity contribution in [2.24, 2.45) is 5.73 Å². The van der Waals surface area contributed by atoms with Crippen molar-refractivity contribution in [3.8, 4) is 0 Å². The molecule has 0 bridgehead atoms. The lowest BCUT2D eigenvalue weighted by Crippen LogP contribution is -2.57. The predicted molar refractivity (Wildman–Crippen MR) is 117 cm³/mol. The standard InChI is InChI=1S/C24H25F6N3O2/c1-14-3-4-16(7-15(14)2)8-20-12-32(13-21(31)34)5-6-33(20)22(35)17-9-18(23(25,26)27)11-19(10-17)24(28,29)30/h3-4,7,9-11,20H,5-6,8,12-13H2,1-2H3,(H2,31,34). The number of benzene rings is 2. The number of nitrogens with two attached hydrogens (primary N) is 1. The molecule has 0 radical (unpaired) electrons. The SMILES string of the molecule is Cc1ccc(CC2CN(CC(N)=O)CCN2C(=O)c2cc(C(F)(F)F)cc(C(F)(F)F)c2)cc1C. The smallest absolute Gasteiger partial charge is 0.369 e. The normalized spacial score (nSPS) is 17.5. The summed E-state index contributed by atoms with van der Waals surface area (Å²) < 4.78 is 79.8. The minimum atomic E-state index is -5.06. The lowest BCUT2D eigenvalue weighted by Gasteiger charge is -2.41. The molecule has 1 fully saturated rings. The maximum atomic E-state index is 13.3. The van der Waals surface area contributed by atoms with Crippen LogP contribution in [-0.2, 0) is 23.6 Å². The zero-order valence-electron chi connectivity index (χ0n) is 19.1. The fourth-order valence-electron chi connectivity index (χ4n) is 4.17. The van der Waals surface area contributed by atoms with Gasteiger partial charge in [0.25, 0.3) is 5.91 Å². The molecule has 0 spiro atoms. The Bertz CT molecular complexity index is 1080. The molecule has 1 aliphatic rings. The van der Waals surface area contributed by atoms with Gasteiger partial charge in [-0.3, -0.25) is 14.5 Å². The molecule has 2 aromatic carbocycles. The highest BCUT2D eigenvalue weighted by Gasteiger charge is 2.39. The fraction of sp³-hybridized carbons (Fsp3) is 0.417. The van der Waals surface area contributed by atoms with Crippen LogP contribution >= 0.6 is 0 Å². The molecule has 1 saturated heterocycles. The quantitative estimate of drug-likeness (QED) is 0.625. The van der Waals surface area contributed by atoms with Gasteiger partial charge in [0, 0.05) is 31.2 Å². The second kappa shape index (κ2) is 9.88. The monoisotopic (exact) mass is 501 g/mol. The van der Waals surface area contributed by atoms with E-state index >= 15 is 0 Å². The van der Waals surface area contributed by atoms with Gasteiger partial charge in [0.15, 0.2) is 0 Å². The van der Waals surface area contributed by atoms with E-state index in [4.69, 9.17) is 5.73 Å². The Morgan fingerprint density at radius 2 is 1.51 bits per heavy atom. The summed E-state index contributed by atoms with van der Waals surface area (Å²) in [5.41, 5.74) is 4.38. The molecule has 2 amide bonds. The molecule has 11 heteroatoms. The molecule has 35 heavy (non-hydrogen) atoms. The van der Waals surface area contributed by atoms with Crippen molar-refractivity contribution in [3.63, 3.8) is 0 Å². The molecule has 3 rings (SSSR count). The maximum absolute atomic E-state index is 13.3. The van der Waals surface area contributed by atoms with E-state index in [0.717, 1.165) is 16.7 Å². The van der Waals surface area contributed by atoms with Gasteiger partial charge in [-0.2, -0.15) is 26.3 Å². The van der Waals surface area contributed by atoms with E-state index in [-0.39, 0.29) is 32.2 Å². The van der Waals surface area contributed by atoms with Crippen LogP contribution in [0.15, 0.2) is 36.4 Å². The number of hydrogen-bond acceptors (Lipinski definition) is 3. The van der Waals surface area contributed by atoms with Crippen molar-refractivity contribution in [2.45, 2.75) is 38.7 Å². The Hall–Kier alpha value is -3.08. The minimum Gasteiger partial charge on any atom is -0.369 e. The Morgan fingerprint density at radius 1 is 0.914 bits per heavy atom. The first-order chi connectivity index (χ1) is 16.1. The number of nitrogens with zero attached hydrogens (tertiary/aromatic N) is 2. The number of aryl methyl sites for hydroxylation is 2. The van der Waals surface area contributed by atoms with Crippen molar-refractivity contribution in [1.29, 1.82) is 0 Å². The second-order valence-corrected chi connectivity index (χ2v) is 8.77.